The number of aliphatic hydroxyl groups is 1. The number of anilines is 2. The van der Waals surface area contributed by atoms with Crippen LogP contribution in [0.1, 0.15) is 24.5 Å². The summed E-state index contributed by atoms with van der Waals surface area (Å²) in [6, 6.07) is 22.3. The lowest BCUT2D eigenvalue weighted by atomic mass is 9.91. The van der Waals surface area contributed by atoms with Gasteiger partial charge in [-0.1, -0.05) is 42.5 Å². The highest BCUT2D eigenvalue weighted by Gasteiger charge is 2.43. The van der Waals surface area contributed by atoms with Crippen molar-refractivity contribution in [1.29, 1.82) is 0 Å². The van der Waals surface area contributed by atoms with E-state index in [9.17, 15) is 5.11 Å². The predicted octanol–water partition coefficient (Wildman–Crippen LogP) is 4.08. The molecular formula is C29H35N3O4. The second-order valence-electron chi connectivity index (χ2n) is 9.76. The number of nitrogens with zero attached hydrogens (tertiary/aromatic N) is 3. The van der Waals surface area contributed by atoms with Gasteiger partial charge in [-0.2, -0.15) is 4.98 Å². The number of aromatic nitrogens is 1. The molecule has 0 radical (unpaired) electrons. The number of methoxy groups -OCH3 is 1. The predicted molar refractivity (Wildman–Crippen MR) is 141 cm³/mol. The van der Waals surface area contributed by atoms with Gasteiger partial charge in [0.15, 0.2) is 0 Å². The molecule has 190 valence electrons. The Morgan fingerprint density at radius 2 is 1.75 bits per heavy atom. The second kappa shape index (κ2) is 10.8. The number of ether oxygens (including phenoxy) is 3. The number of pyridine rings is 1. The fourth-order valence-corrected chi connectivity index (χ4v) is 5.03. The average molecular weight is 490 g/mol. The van der Waals surface area contributed by atoms with Crippen molar-refractivity contribution in [2.45, 2.75) is 38.0 Å². The van der Waals surface area contributed by atoms with Crippen LogP contribution >= 0.6 is 0 Å². The number of rotatable bonds is 8. The van der Waals surface area contributed by atoms with Gasteiger partial charge in [-0.25, -0.2) is 0 Å². The zero-order chi connectivity index (χ0) is 25.0. The molecule has 2 atom stereocenters. The van der Waals surface area contributed by atoms with Crippen LogP contribution in [0.15, 0.2) is 66.7 Å². The van der Waals surface area contributed by atoms with Crippen molar-refractivity contribution >= 4 is 11.5 Å². The Kier molecular flexibility index (Phi) is 7.30. The highest BCUT2D eigenvalue weighted by molar-refractivity contribution is 5.59. The summed E-state index contributed by atoms with van der Waals surface area (Å²) < 4.78 is 17.0. The smallest absolute Gasteiger partial charge is 0.217 e. The minimum absolute atomic E-state index is 0.0817. The molecule has 3 aromatic rings. The number of hydrogen-bond acceptors (Lipinski definition) is 7. The van der Waals surface area contributed by atoms with Gasteiger partial charge in [0.25, 0.3) is 0 Å². The Balaban J connectivity index is 1.43. The third-order valence-corrected chi connectivity index (χ3v) is 7.21. The monoisotopic (exact) mass is 489 g/mol. The van der Waals surface area contributed by atoms with Crippen molar-refractivity contribution in [2.24, 2.45) is 0 Å². The highest BCUT2D eigenvalue weighted by atomic mass is 16.5. The van der Waals surface area contributed by atoms with E-state index in [0.717, 1.165) is 48.9 Å². The fourth-order valence-electron chi connectivity index (χ4n) is 5.03. The second-order valence-corrected chi connectivity index (χ2v) is 9.76. The van der Waals surface area contributed by atoms with Crippen molar-refractivity contribution < 1.29 is 19.3 Å². The van der Waals surface area contributed by atoms with Crippen molar-refractivity contribution in [3.63, 3.8) is 0 Å². The van der Waals surface area contributed by atoms with Crippen LogP contribution in [-0.2, 0) is 17.8 Å². The molecule has 7 nitrogen and oxygen atoms in total. The van der Waals surface area contributed by atoms with Crippen molar-refractivity contribution in [2.75, 3.05) is 49.8 Å². The maximum Gasteiger partial charge on any atom is 0.217 e. The van der Waals surface area contributed by atoms with E-state index >= 15 is 0 Å². The van der Waals surface area contributed by atoms with Crippen LogP contribution in [0.2, 0.25) is 0 Å². The molecule has 2 aliphatic heterocycles. The third-order valence-electron chi connectivity index (χ3n) is 7.21. The zero-order valence-corrected chi connectivity index (χ0v) is 21.1. The van der Waals surface area contributed by atoms with Gasteiger partial charge in [-0.3, -0.25) is 0 Å². The lowest BCUT2D eigenvalue weighted by molar-refractivity contribution is 0.0511. The minimum Gasteiger partial charge on any atom is -0.497 e. The van der Waals surface area contributed by atoms with Gasteiger partial charge in [-0.05, 0) is 43.0 Å². The SMILES string of the molecule is COc1ccc(COc2cc(N3CCOCC3)cc(N3CC[C@](C)(O)[C@@H]3Cc3ccccc3)n2)cc1. The van der Waals surface area contributed by atoms with Crippen LogP contribution in [0.25, 0.3) is 0 Å². The van der Waals surface area contributed by atoms with Gasteiger partial charge in [0.1, 0.15) is 18.2 Å². The summed E-state index contributed by atoms with van der Waals surface area (Å²) in [6.07, 6.45) is 1.44. The normalized spacial score (nSPS) is 22.0. The van der Waals surface area contributed by atoms with E-state index in [1.165, 1.54) is 5.56 Å². The first-order valence-electron chi connectivity index (χ1n) is 12.7. The minimum atomic E-state index is -0.809. The molecule has 2 saturated heterocycles. The molecule has 7 heteroatoms. The molecule has 5 rings (SSSR count). The fraction of sp³-hybridized carbons (Fsp3) is 0.414. The molecule has 2 aromatic carbocycles. The van der Waals surface area contributed by atoms with Gasteiger partial charge in [-0.15, -0.1) is 0 Å². The number of hydrogen-bond donors (Lipinski definition) is 1. The summed E-state index contributed by atoms with van der Waals surface area (Å²) in [4.78, 5) is 9.49. The first-order chi connectivity index (χ1) is 17.5. The molecule has 0 unspecified atom stereocenters. The molecule has 2 aliphatic rings. The first-order valence-corrected chi connectivity index (χ1v) is 12.7. The maximum atomic E-state index is 11.3. The molecule has 1 aromatic heterocycles. The molecule has 0 aliphatic carbocycles. The lowest BCUT2D eigenvalue weighted by Gasteiger charge is -2.34. The van der Waals surface area contributed by atoms with Gasteiger partial charge < -0.3 is 29.1 Å². The Bertz CT molecular complexity index is 1130. The molecule has 2 fully saturated rings. The average Bonchev–Trinajstić information content (AvgIpc) is 3.22. The topological polar surface area (TPSA) is 67.3 Å². The van der Waals surface area contributed by atoms with Crippen molar-refractivity contribution in [3.8, 4) is 11.6 Å². The van der Waals surface area contributed by atoms with Crippen molar-refractivity contribution in [3.05, 3.63) is 77.9 Å². The molecule has 36 heavy (non-hydrogen) atoms. The van der Waals surface area contributed by atoms with Crippen molar-refractivity contribution in [1.82, 2.24) is 4.98 Å². The number of morpholine rings is 1. The summed E-state index contributed by atoms with van der Waals surface area (Å²) in [5, 5.41) is 11.3. The Hall–Kier alpha value is -3.29. The van der Waals surface area contributed by atoms with E-state index in [1.807, 2.05) is 55.5 Å². The standard InChI is InChI=1S/C29H35N3O4/c1-29(33)12-13-32(26(29)18-22-6-4-3-5-7-22)27-19-24(31-14-16-35-17-15-31)20-28(30-27)36-21-23-8-10-25(34-2)11-9-23/h3-11,19-20,26,33H,12-18,21H2,1-2H3/t26-,29-/m0/s1. The summed E-state index contributed by atoms with van der Waals surface area (Å²) >= 11 is 0. The summed E-state index contributed by atoms with van der Waals surface area (Å²) in [5.74, 6) is 2.23. The van der Waals surface area contributed by atoms with Crippen LogP contribution in [0.5, 0.6) is 11.6 Å². The van der Waals surface area contributed by atoms with Crippen LogP contribution in [0.4, 0.5) is 11.5 Å². The van der Waals surface area contributed by atoms with E-state index in [-0.39, 0.29) is 6.04 Å². The van der Waals surface area contributed by atoms with E-state index in [1.54, 1.807) is 7.11 Å². The Morgan fingerprint density at radius 3 is 2.47 bits per heavy atom. The van der Waals surface area contributed by atoms with E-state index in [0.29, 0.717) is 32.1 Å². The van der Waals surface area contributed by atoms with E-state index < -0.39 is 5.60 Å². The molecule has 3 heterocycles. The van der Waals surface area contributed by atoms with Gasteiger partial charge in [0.2, 0.25) is 5.88 Å². The quantitative estimate of drug-likeness (QED) is 0.511. The van der Waals surface area contributed by atoms with Gasteiger partial charge >= 0.3 is 0 Å². The molecule has 0 spiro atoms. The molecule has 1 N–H and O–H groups in total. The van der Waals surface area contributed by atoms with E-state index in [2.05, 4.69) is 28.0 Å². The Morgan fingerprint density at radius 1 is 1.00 bits per heavy atom. The number of benzene rings is 2. The van der Waals surface area contributed by atoms with Crippen LogP contribution in [0, 0.1) is 0 Å². The summed E-state index contributed by atoms with van der Waals surface area (Å²) in [5.41, 5.74) is 2.51. The first kappa shape index (κ1) is 24.4. The van der Waals surface area contributed by atoms with Crippen LogP contribution in [0.3, 0.4) is 0 Å². The lowest BCUT2D eigenvalue weighted by Crippen LogP contribution is -2.44. The van der Waals surface area contributed by atoms with Crippen LogP contribution < -0.4 is 19.3 Å². The highest BCUT2D eigenvalue weighted by Crippen LogP contribution is 2.37. The third kappa shape index (κ3) is 5.58. The van der Waals surface area contributed by atoms with E-state index in [4.69, 9.17) is 19.2 Å². The summed E-state index contributed by atoms with van der Waals surface area (Å²) in [7, 11) is 1.66. The molecule has 0 saturated carbocycles. The molecule has 0 amide bonds. The maximum absolute atomic E-state index is 11.3. The zero-order valence-electron chi connectivity index (χ0n) is 21.1. The van der Waals surface area contributed by atoms with Crippen LogP contribution in [-0.4, -0.2) is 61.7 Å². The molecular weight excluding hydrogens is 454 g/mol. The van der Waals surface area contributed by atoms with Gasteiger partial charge in [0.05, 0.1) is 32.0 Å². The molecule has 0 bridgehead atoms. The summed E-state index contributed by atoms with van der Waals surface area (Å²) in [6.45, 7) is 6.15. The Labute approximate surface area is 213 Å². The largest absolute Gasteiger partial charge is 0.497 e. The van der Waals surface area contributed by atoms with Gasteiger partial charge in [0, 0.05) is 37.5 Å².